The molecule has 2 aliphatic rings. The maximum absolute atomic E-state index is 15.5. The molecule has 22 nitrogen and oxygen atoms in total. The predicted molar refractivity (Wildman–Crippen MR) is 253 cm³/mol. The van der Waals surface area contributed by atoms with Crippen molar-refractivity contribution in [3.8, 4) is 11.5 Å². The summed E-state index contributed by atoms with van der Waals surface area (Å²) in [6, 6.07) is 28.3. The summed E-state index contributed by atoms with van der Waals surface area (Å²) in [5.74, 6) is 1.67. The molecule has 0 saturated carbocycles. The van der Waals surface area contributed by atoms with Crippen LogP contribution in [0.15, 0.2) is 129 Å². The minimum Gasteiger partial charge on any atom is -0.497 e. The maximum Gasteiger partial charge on any atom is 0.433 e. The molecule has 6 N–H and O–H groups in total. The minimum atomic E-state index is -4.48. The predicted octanol–water partition coefficient (Wildman–Crippen LogP) is 5.43. The van der Waals surface area contributed by atoms with Gasteiger partial charge < -0.3 is 45.0 Å². The van der Waals surface area contributed by atoms with Crippen molar-refractivity contribution in [1.82, 2.24) is 44.0 Å². The molecule has 2 fully saturated rings. The van der Waals surface area contributed by atoms with Gasteiger partial charge in [-0.15, -0.1) is 0 Å². The Morgan fingerprint density at radius 1 is 0.729 bits per heavy atom. The molecule has 2 saturated heterocycles. The van der Waals surface area contributed by atoms with Crippen molar-refractivity contribution in [2.45, 2.75) is 55.0 Å². The Labute approximate surface area is 400 Å². The topological polar surface area (TPSA) is 275 Å². The van der Waals surface area contributed by atoms with Crippen molar-refractivity contribution in [2.24, 2.45) is 0 Å². The van der Waals surface area contributed by atoms with E-state index in [1.54, 1.807) is 41.8 Å². The average molecular weight is 973 g/mol. The van der Waals surface area contributed by atoms with E-state index in [9.17, 15) is 5.11 Å². The number of hydrogen-bond donors (Lipinski definition) is 4. The fourth-order valence-electron chi connectivity index (χ4n) is 8.91. The molecular weight excluding hydrogens is 924 g/mol. The molecule has 3 aromatic carbocycles. The van der Waals surface area contributed by atoms with Crippen molar-refractivity contribution >= 4 is 47.4 Å². The Kier molecular flexibility index (Phi) is 13.1. The van der Waals surface area contributed by atoms with Crippen LogP contribution < -0.4 is 26.0 Å². The monoisotopic (exact) mass is 972 g/mol. The van der Waals surface area contributed by atoms with Crippen LogP contribution in [0.5, 0.6) is 11.5 Å². The number of aromatic nitrogens is 9. The first-order valence-corrected chi connectivity index (χ1v) is 23.6. The van der Waals surface area contributed by atoms with Gasteiger partial charge in [-0.05, 0) is 53.1 Å². The molecule has 0 amide bonds. The molecular formula is C47H49N12O10P. The molecule has 362 valence electrons. The largest absolute Gasteiger partial charge is 0.497 e. The van der Waals surface area contributed by atoms with Crippen molar-refractivity contribution in [1.29, 1.82) is 0 Å². The van der Waals surface area contributed by atoms with Gasteiger partial charge in [0.15, 0.2) is 29.2 Å². The lowest BCUT2D eigenvalue weighted by molar-refractivity contribution is -0.0919. The van der Waals surface area contributed by atoms with Gasteiger partial charge in [0.05, 0.1) is 40.1 Å². The van der Waals surface area contributed by atoms with Crippen molar-refractivity contribution in [3.63, 3.8) is 0 Å². The van der Waals surface area contributed by atoms with Crippen LogP contribution in [0.2, 0.25) is 0 Å². The van der Waals surface area contributed by atoms with Gasteiger partial charge >= 0.3 is 7.75 Å². The SMILES string of the molecule is COc1ccc(C(OC[C@H]2O[C@@H](n3cnc4c(N)ncnc43)C[C@@H]2OP(=O)(Nc2ccncc2)OC[C@H]2O[C@@H](n3cnc4c(N)ncnc43)[C@H](OC)[C@@H]2O)(c2ccccc2)c2ccc(OC)cc2)cc1. The van der Waals surface area contributed by atoms with Gasteiger partial charge in [-0.25, -0.2) is 34.5 Å². The molecule has 0 aliphatic carbocycles. The number of ether oxygens (including phenoxy) is 6. The van der Waals surface area contributed by atoms with Gasteiger partial charge in [0.1, 0.15) is 77.5 Å². The highest BCUT2D eigenvalue weighted by atomic mass is 31.2. The van der Waals surface area contributed by atoms with E-state index < -0.39 is 62.9 Å². The number of nitrogens with one attached hydrogen (secondary N) is 1. The second-order valence-corrected chi connectivity index (χ2v) is 18.1. The van der Waals surface area contributed by atoms with Gasteiger partial charge in [-0.3, -0.25) is 28.3 Å². The summed E-state index contributed by atoms with van der Waals surface area (Å²) < 4.78 is 69.2. The Morgan fingerprint density at radius 3 is 1.91 bits per heavy atom. The van der Waals surface area contributed by atoms with Crippen molar-refractivity contribution in [3.05, 3.63) is 145 Å². The average Bonchev–Trinajstić information content (AvgIpc) is 4.19. The first-order chi connectivity index (χ1) is 34.1. The molecule has 1 unspecified atom stereocenters. The van der Waals surface area contributed by atoms with E-state index in [4.69, 9.17) is 48.9 Å². The number of methoxy groups -OCH3 is 3. The highest BCUT2D eigenvalue weighted by molar-refractivity contribution is 7.55. The number of aliphatic hydroxyl groups is 1. The van der Waals surface area contributed by atoms with E-state index in [1.807, 2.05) is 78.9 Å². The van der Waals surface area contributed by atoms with Crippen molar-refractivity contribution < 1.29 is 47.1 Å². The molecule has 70 heavy (non-hydrogen) atoms. The highest BCUT2D eigenvalue weighted by Crippen LogP contribution is 2.53. The smallest absolute Gasteiger partial charge is 0.433 e. The molecule has 7 heterocycles. The Hall–Kier alpha value is -7.14. The van der Waals surface area contributed by atoms with E-state index in [2.05, 4.69) is 40.0 Å². The second-order valence-electron chi connectivity index (χ2n) is 16.4. The summed E-state index contributed by atoms with van der Waals surface area (Å²) in [5.41, 5.74) is 15.3. The Bertz CT molecular complexity index is 3050. The van der Waals surface area contributed by atoms with Crippen LogP contribution in [0.1, 0.15) is 35.6 Å². The Balaban J connectivity index is 1.00. The Morgan fingerprint density at radius 2 is 1.31 bits per heavy atom. The zero-order valence-corrected chi connectivity index (χ0v) is 38.9. The zero-order chi connectivity index (χ0) is 48.4. The summed E-state index contributed by atoms with van der Waals surface area (Å²) in [4.78, 5) is 29.9. The zero-order valence-electron chi connectivity index (χ0n) is 38.0. The van der Waals surface area contributed by atoms with E-state index in [1.165, 1.54) is 38.5 Å². The van der Waals surface area contributed by atoms with Crippen LogP contribution in [0.3, 0.4) is 0 Å². The number of hydrogen-bond acceptors (Lipinski definition) is 19. The molecule has 0 radical (unpaired) electrons. The number of rotatable bonds is 18. The number of nitrogen functional groups attached to an aromatic ring is 2. The third kappa shape index (κ3) is 8.86. The molecule has 8 aromatic rings. The highest BCUT2D eigenvalue weighted by Gasteiger charge is 2.49. The first-order valence-electron chi connectivity index (χ1n) is 22.1. The lowest BCUT2D eigenvalue weighted by Crippen LogP contribution is -2.38. The number of imidazole rings is 2. The van der Waals surface area contributed by atoms with Gasteiger partial charge in [-0.1, -0.05) is 54.6 Å². The first kappa shape index (κ1) is 46.6. The number of nitrogens with zero attached hydrogens (tertiary/aromatic N) is 9. The van der Waals surface area contributed by atoms with Gasteiger partial charge in [-0.2, -0.15) is 0 Å². The van der Waals surface area contributed by atoms with Gasteiger partial charge in [0.25, 0.3) is 0 Å². The molecule has 8 atom stereocenters. The van der Waals surface area contributed by atoms with E-state index in [0.717, 1.165) is 16.7 Å². The fourth-order valence-corrected chi connectivity index (χ4v) is 10.5. The van der Waals surface area contributed by atoms with Gasteiger partial charge in [0, 0.05) is 31.6 Å². The van der Waals surface area contributed by atoms with Crippen LogP contribution in [0.25, 0.3) is 22.3 Å². The molecule has 5 aromatic heterocycles. The molecule has 0 bridgehead atoms. The van der Waals surface area contributed by atoms with E-state index in [0.29, 0.717) is 39.5 Å². The quantitative estimate of drug-likeness (QED) is 0.0616. The van der Waals surface area contributed by atoms with Crippen LogP contribution in [0, 0.1) is 0 Å². The number of benzene rings is 3. The van der Waals surface area contributed by atoms with Crippen LogP contribution in [-0.4, -0.2) is 114 Å². The second kappa shape index (κ2) is 19.7. The molecule has 23 heteroatoms. The lowest BCUT2D eigenvalue weighted by atomic mass is 9.80. The van der Waals surface area contributed by atoms with Crippen LogP contribution >= 0.6 is 7.75 Å². The third-order valence-corrected chi connectivity index (χ3v) is 14.0. The summed E-state index contributed by atoms with van der Waals surface area (Å²) in [6.45, 7) is -0.551. The summed E-state index contributed by atoms with van der Waals surface area (Å²) in [7, 11) is 0.174. The standard InChI is InChI=1S/C47H49N12O10P/c1-62-32-13-9-29(10-14-32)47(28-7-5-4-6-8-28,30-11-15-33(63-2)16-12-30)65-22-35-34(21-37(67-35)58-26-55-38-42(48)51-24-53-44(38)58)69-70(61,57-31-17-19-50-20-18-31)66-23-36-40(60)41(64-3)46(68-36)59-27-56-39-43(49)52-25-54-45(39)59/h4-20,24-27,34-37,40-41,46,60H,21-23H2,1-3H3,(H2,48,51,53)(H2,49,52,54)(H,50,57,61)/t34-,35+,36+,37+,40+,41+,46+,70?/m0/s1. The normalized spacial score (nSPS) is 22.3. The lowest BCUT2D eigenvalue weighted by Gasteiger charge is -2.37. The maximum atomic E-state index is 15.5. The van der Waals surface area contributed by atoms with Crippen LogP contribution in [0.4, 0.5) is 17.3 Å². The summed E-state index contributed by atoms with van der Waals surface area (Å²) in [5, 5.41) is 14.6. The summed E-state index contributed by atoms with van der Waals surface area (Å²) >= 11 is 0. The third-order valence-electron chi connectivity index (χ3n) is 12.4. The summed E-state index contributed by atoms with van der Waals surface area (Å²) in [6.07, 6.45) is 1.89. The van der Waals surface area contributed by atoms with E-state index >= 15 is 4.57 Å². The van der Waals surface area contributed by atoms with Crippen molar-refractivity contribution in [2.75, 3.05) is 51.1 Å². The number of aliphatic hydroxyl groups excluding tert-OH is 1. The molecule has 10 rings (SSSR count). The van der Waals surface area contributed by atoms with Crippen LogP contribution in [-0.2, 0) is 38.2 Å². The molecule has 2 aliphatic heterocycles. The minimum absolute atomic E-state index is 0.104. The number of fused-ring (bicyclic) bond motifs is 2. The van der Waals surface area contributed by atoms with E-state index in [-0.39, 0.29) is 24.7 Å². The molecule has 0 spiro atoms. The number of pyridine rings is 1. The number of anilines is 3. The van der Waals surface area contributed by atoms with Gasteiger partial charge in [0.2, 0.25) is 0 Å². The fraction of sp³-hybridized carbons (Fsp3) is 0.298. The number of nitrogens with two attached hydrogens (primary N) is 2.